The number of carbonyl (C=O) groups is 2. The molecule has 1 rings (SSSR count). The van der Waals surface area contributed by atoms with Crippen LogP contribution in [0.15, 0.2) is 0 Å². The van der Waals surface area contributed by atoms with Gasteiger partial charge in [-0.2, -0.15) is 0 Å². The van der Waals surface area contributed by atoms with Crippen molar-refractivity contribution >= 4 is 11.9 Å². The molecule has 0 aromatic heterocycles. The second-order valence-electron chi connectivity index (χ2n) is 3.24. The van der Waals surface area contributed by atoms with Gasteiger partial charge in [0.25, 0.3) is 0 Å². The highest BCUT2D eigenvalue weighted by molar-refractivity contribution is 6.27. The number of aliphatic carboxylic acids is 2. The van der Waals surface area contributed by atoms with Crippen molar-refractivity contribution in [1.82, 2.24) is 10.6 Å². The lowest BCUT2D eigenvalue weighted by molar-refractivity contribution is -0.159. The van der Waals surface area contributed by atoms with Gasteiger partial charge in [0, 0.05) is 25.2 Å². The van der Waals surface area contributed by atoms with Crippen LogP contribution < -0.4 is 10.6 Å². The Hall–Kier alpha value is -1.14. The van der Waals surface area contributed by atoms with Gasteiger partial charge in [-0.15, -0.1) is 0 Å². The zero-order valence-electron chi connectivity index (χ0n) is 8.28. The lowest BCUT2D eigenvalue weighted by Crippen LogP contribution is -2.52. The topological polar surface area (TPSA) is 98.7 Å². The van der Waals surface area contributed by atoms with Gasteiger partial charge in [0.1, 0.15) is 0 Å². The molecule has 0 spiro atoms. The fourth-order valence-corrected chi connectivity index (χ4v) is 1.12. The van der Waals surface area contributed by atoms with E-state index in [1.54, 1.807) is 0 Å². The second-order valence-corrected chi connectivity index (χ2v) is 3.24. The molecule has 1 aliphatic rings. The van der Waals surface area contributed by atoms with E-state index in [0.29, 0.717) is 12.1 Å². The molecule has 1 saturated heterocycles. The number of hydrogen-bond acceptors (Lipinski definition) is 4. The first-order valence-corrected chi connectivity index (χ1v) is 4.36. The molecule has 1 fully saturated rings. The molecule has 0 aromatic rings. The van der Waals surface area contributed by atoms with Crippen LogP contribution in [0.1, 0.15) is 13.8 Å². The van der Waals surface area contributed by atoms with Crippen LogP contribution >= 0.6 is 0 Å². The summed E-state index contributed by atoms with van der Waals surface area (Å²) >= 11 is 0. The summed E-state index contributed by atoms with van der Waals surface area (Å²) in [5.74, 6) is -3.65. The normalized spacial score (nSPS) is 25.9. The number of piperazine rings is 1. The minimum atomic E-state index is -1.82. The molecule has 6 nitrogen and oxygen atoms in total. The summed E-state index contributed by atoms with van der Waals surface area (Å²) in [7, 11) is 0. The van der Waals surface area contributed by atoms with E-state index in [4.69, 9.17) is 19.8 Å². The van der Waals surface area contributed by atoms with Gasteiger partial charge < -0.3 is 20.8 Å². The van der Waals surface area contributed by atoms with Crippen LogP contribution in [0, 0.1) is 0 Å². The molecule has 2 unspecified atom stereocenters. The van der Waals surface area contributed by atoms with Crippen LogP contribution in [-0.4, -0.2) is 47.3 Å². The number of carboxylic acid groups (broad SMARTS) is 2. The average Bonchev–Trinajstić information content (AvgIpc) is 2.04. The number of rotatable bonds is 0. The number of nitrogens with one attached hydrogen (secondary N) is 2. The minimum absolute atomic E-state index is 0.652. The van der Waals surface area contributed by atoms with Crippen molar-refractivity contribution in [2.45, 2.75) is 25.9 Å². The first kappa shape index (κ1) is 12.9. The quantitative estimate of drug-likeness (QED) is 0.382. The van der Waals surface area contributed by atoms with Gasteiger partial charge in [0.2, 0.25) is 0 Å². The number of hydrogen-bond donors (Lipinski definition) is 4. The maximum absolute atomic E-state index is 9.10. The first-order chi connectivity index (χ1) is 6.43. The van der Waals surface area contributed by atoms with Crippen molar-refractivity contribution in [2.24, 2.45) is 0 Å². The molecule has 4 N–H and O–H groups in total. The minimum Gasteiger partial charge on any atom is -0.473 e. The summed E-state index contributed by atoms with van der Waals surface area (Å²) in [4.78, 5) is 18.2. The van der Waals surface area contributed by atoms with Crippen LogP contribution in [0.25, 0.3) is 0 Å². The average molecular weight is 204 g/mol. The van der Waals surface area contributed by atoms with E-state index in [-0.39, 0.29) is 0 Å². The maximum atomic E-state index is 9.10. The van der Waals surface area contributed by atoms with Crippen molar-refractivity contribution in [3.05, 3.63) is 0 Å². The molecule has 14 heavy (non-hydrogen) atoms. The molecule has 0 aromatic carbocycles. The van der Waals surface area contributed by atoms with Crippen molar-refractivity contribution in [1.29, 1.82) is 0 Å². The highest BCUT2D eigenvalue weighted by atomic mass is 16.4. The molecule has 1 heterocycles. The fourth-order valence-electron chi connectivity index (χ4n) is 1.12. The molecular weight excluding hydrogens is 188 g/mol. The van der Waals surface area contributed by atoms with Crippen LogP contribution in [0.4, 0.5) is 0 Å². The zero-order valence-corrected chi connectivity index (χ0v) is 8.28. The van der Waals surface area contributed by atoms with E-state index < -0.39 is 11.9 Å². The van der Waals surface area contributed by atoms with Crippen molar-refractivity contribution in [3.63, 3.8) is 0 Å². The Kier molecular flexibility index (Phi) is 5.82. The van der Waals surface area contributed by atoms with E-state index in [2.05, 4.69) is 24.5 Å². The monoisotopic (exact) mass is 204 g/mol. The van der Waals surface area contributed by atoms with Crippen LogP contribution in [-0.2, 0) is 9.59 Å². The Morgan fingerprint density at radius 2 is 1.43 bits per heavy atom. The van der Waals surface area contributed by atoms with Crippen molar-refractivity contribution in [3.8, 4) is 0 Å². The van der Waals surface area contributed by atoms with Crippen LogP contribution in [0.3, 0.4) is 0 Å². The highest BCUT2D eigenvalue weighted by Gasteiger charge is 2.11. The predicted octanol–water partition coefficient (Wildman–Crippen LogP) is -0.888. The summed E-state index contributed by atoms with van der Waals surface area (Å²) in [5.41, 5.74) is 0. The third-order valence-corrected chi connectivity index (χ3v) is 1.65. The van der Waals surface area contributed by atoms with Crippen LogP contribution in [0.5, 0.6) is 0 Å². The Balaban J connectivity index is 0.000000255. The molecule has 0 aliphatic carbocycles. The van der Waals surface area contributed by atoms with E-state index in [9.17, 15) is 0 Å². The number of carboxylic acids is 2. The summed E-state index contributed by atoms with van der Waals surface area (Å²) in [6.45, 7) is 6.62. The first-order valence-electron chi connectivity index (χ1n) is 4.36. The van der Waals surface area contributed by atoms with E-state index >= 15 is 0 Å². The zero-order chi connectivity index (χ0) is 11.1. The molecule has 0 bridgehead atoms. The van der Waals surface area contributed by atoms with E-state index in [0.717, 1.165) is 13.1 Å². The van der Waals surface area contributed by atoms with Gasteiger partial charge in [-0.05, 0) is 13.8 Å². The Morgan fingerprint density at radius 3 is 1.57 bits per heavy atom. The van der Waals surface area contributed by atoms with Gasteiger partial charge >= 0.3 is 11.9 Å². The summed E-state index contributed by atoms with van der Waals surface area (Å²) < 4.78 is 0. The molecule has 1 aliphatic heterocycles. The third kappa shape index (κ3) is 6.38. The molecule has 82 valence electrons. The summed E-state index contributed by atoms with van der Waals surface area (Å²) in [6.07, 6.45) is 0. The SMILES string of the molecule is CC1CNCC(C)N1.O=C(O)C(=O)O. The van der Waals surface area contributed by atoms with Crippen LogP contribution in [0.2, 0.25) is 0 Å². The highest BCUT2D eigenvalue weighted by Crippen LogP contribution is 1.90. The summed E-state index contributed by atoms with van der Waals surface area (Å²) in [6, 6.07) is 1.30. The molecule has 0 amide bonds. The summed E-state index contributed by atoms with van der Waals surface area (Å²) in [5, 5.41) is 21.5. The predicted molar refractivity (Wildman–Crippen MR) is 50.2 cm³/mol. The molecule has 6 heteroatoms. The van der Waals surface area contributed by atoms with E-state index in [1.807, 2.05) is 0 Å². The maximum Gasteiger partial charge on any atom is 0.414 e. The molecular formula is C8H16N2O4. The Labute approximate surface area is 82.3 Å². The molecule has 2 atom stereocenters. The van der Waals surface area contributed by atoms with Crippen molar-refractivity contribution < 1.29 is 19.8 Å². The lowest BCUT2D eigenvalue weighted by atomic mass is 10.2. The molecule has 0 radical (unpaired) electrons. The standard InChI is InChI=1S/C6H14N2.C2H2O4/c1-5-3-7-4-6(2)8-5;3-1(4)2(5)6/h5-8H,3-4H2,1-2H3;(H,3,4)(H,5,6). The largest absolute Gasteiger partial charge is 0.473 e. The van der Waals surface area contributed by atoms with Gasteiger partial charge in [0.15, 0.2) is 0 Å². The van der Waals surface area contributed by atoms with Gasteiger partial charge in [-0.3, -0.25) is 0 Å². The Morgan fingerprint density at radius 1 is 1.07 bits per heavy atom. The van der Waals surface area contributed by atoms with Gasteiger partial charge in [0.05, 0.1) is 0 Å². The smallest absolute Gasteiger partial charge is 0.414 e. The van der Waals surface area contributed by atoms with E-state index in [1.165, 1.54) is 0 Å². The third-order valence-electron chi connectivity index (χ3n) is 1.65. The second kappa shape index (κ2) is 6.33. The Bertz CT molecular complexity index is 188. The fraction of sp³-hybridized carbons (Fsp3) is 0.750. The van der Waals surface area contributed by atoms with Gasteiger partial charge in [-0.1, -0.05) is 0 Å². The van der Waals surface area contributed by atoms with Crippen molar-refractivity contribution in [2.75, 3.05) is 13.1 Å². The lowest BCUT2D eigenvalue weighted by Gasteiger charge is -2.26. The van der Waals surface area contributed by atoms with Gasteiger partial charge in [-0.25, -0.2) is 9.59 Å². The molecule has 0 saturated carbocycles.